The number of rotatable bonds is 4. The highest BCUT2D eigenvalue weighted by atomic mass is 19.4. The summed E-state index contributed by atoms with van der Waals surface area (Å²) in [5.41, 5.74) is -1.13. The highest BCUT2D eigenvalue weighted by Crippen LogP contribution is 2.32. The molecule has 31 heavy (non-hydrogen) atoms. The Balaban J connectivity index is 1.53. The highest BCUT2D eigenvalue weighted by molar-refractivity contribution is 5.97. The Hall–Kier alpha value is -3.56. The summed E-state index contributed by atoms with van der Waals surface area (Å²) in [4.78, 5) is 39.7. The summed E-state index contributed by atoms with van der Waals surface area (Å²) in [5.74, 6) is -1.57. The first-order valence-corrected chi connectivity index (χ1v) is 9.47. The van der Waals surface area contributed by atoms with E-state index >= 15 is 0 Å². The van der Waals surface area contributed by atoms with Crippen LogP contribution in [0.5, 0.6) is 5.75 Å². The molecular weight excluding hydrogens is 415 g/mol. The number of alkyl halides is 3. The van der Waals surface area contributed by atoms with Gasteiger partial charge in [-0.1, -0.05) is 12.1 Å². The van der Waals surface area contributed by atoms with E-state index in [-0.39, 0.29) is 49.9 Å². The molecule has 0 unspecified atom stereocenters. The number of nitrogens with one attached hydrogen (secondary N) is 1. The van der Waals surface area contributed by atoms with Crippen molar-refractivity contribution in [3.8, 4) is 5.75 Å². The lowest BCUT2D eigenvalue weighted by Crippen LogP contribution is -2.52. The van der Waals surface area contributed by atoms with E-state index < -0.39 is 29.1 Å². The van der Waals surface area contributed by atoms with Gasteiger partial charge in [0.15, 0.2) is 0 Å². The van der Waals surface area contributed by atoms with Crippen molar-refractivity contribution in [1.29, 1.82) is 0 Å². The molecule has 2 aromatic rings. The normalized spacial score (nSPS) is 14.3. The SMILES string of the molecule is O=C(NCC(=O)N1CCN(C(=O)c2ccccc2C(F)(F)F)CC1)c1ccc(O)cc1. The number of carbonyl (C=O) groups is 3. The predicted octanol–water partition coefficient (Wildman–Crippen LogP) is 2.13. The van der Waals surface area contributed by atoms with E-state index in [1.807, 2.05) is 0 Å². The van der Waals surface area contributed by atoms with Gasteiger partial charge in [-0.25, -0.2) is 0 Å². The van der Waals surface area contributed by atoms with Gasteiger partial charge in [-0.05, 0) is 36.4 Å². The van der Waals surface area contributed by atoms with Crippen molar-refractivity contribution in [3.63, 3.8) is 0 Å². The monoisotopic (exact) mass is 435 g/mol. The zero-order valence-electron chi connectivity index (χ0n) is 16.4. The number of aromatic hydroxyl groups is 1. The minimum absolute atomic E-state index is 0.0119. The van der Waals surface area contributed by atoms with Crippen LogP contribution in [0.3, 0.4) is 0 Å². The van der Waals surface area contributed by atoms with Gasteiger partial charge < -0.3 is 20.2 Å². The van der Waals surface area contributed by atoms with Crippen LogP contribution in [-0.4, -0.2) is 65.4 Å². The molecule has 10 heteroatoms. The van der Waals surface area contributed by atoms with Gasteiger partial charge in [0.2, 0.25) is 5.91 Å². The molecule has 0 bridgehead atoms. The summed E-state index contributed by atoms with van der Waals surface area (Å²) in [5, 5.41) is 11.7. The molecule has 2 aromatic carbocycles. The van der Waals surface area contributed by atoms with Crippen molar-refractivity contribution >= 4 is 17.7 Å². The summed E-state index contributed by atoms with van der Waals surface area (Å²) < 4.78 is 39.5. The number of phenols is 1. The van der Waals surface area contributed by atoms with Gasteiger partial charge >= 0.3 is 6.18 Å². The molecule has 2 N–H and O–H groups in total. The smallest absolute Gasteiger partial charge is 0.417 e. The van der Waals surface area contributed by atoms with Gasteiger partial charge in [0.05, 0.1) is 17.7 Å². The second-order valence-electron chi connectivity index (χ2n) is 6.95. The van der Waals surface area contributed by atoms with E-state index in [1.54, 1.807) is 0 Å². The van der Waals surface area contributed by atoms with Crippen LogP contribution < -0.4 is 5.32 Å². The molecule has 1 saturated heterocycles. The number of hydrogen-bond donors (Lipinski definition) is 2. The maximum absolute atomic E-state index is 13.2. The highest BCUT2D eigenvalue weighted by Gasteiger charge is 2.36. The summed E-state index contributed by atoms with van der Waals surface area (Å²) in [7, 11) is 0. The lowest BCUT2D eigenvalue weighted by molar-refractivity contribution is -0.138. The van der Waals surface area contributed by atoms with E-state index in [2.05, 4.69) is 5.32 Å². The number of halogens is 3. The first-order valence-electron chi connectivity index (χ1n) is 9.47. The average molecular weight is 435 g/mol. The van der Waals surface area contributed by atoms with E-state index in [0.717, 1.165) is 12.1 Å². The zero-order valence-corrected chi connectivity index (χ0v) is 16.4. The number of piperazine rings is 1. The summed E-state index contributed by atoms with van der Waals surface area (Å²) in [6.07, 6.45) is -4.64. The van der Waals surface area contributed by atoms with Crippen LogP contribution in [0.2, 0.25) is 0 Å². The van der Waals surface area contributed by atoms with Gasteiger partial charge in [-0.3, -0.25) is 14.4 Å². The number of amides is 3. The van der Waals surface area contributed by atoms with E-state index in [0.29, 0.717) is 0 Å². The van der Waals surface area contributed by atoms with Crippen LogP contribution in [0, 0.1) is 0 Å². The Labute approximate surface area is 176 Å². The van der Waals surface area contributed by atoms with E-state index in [1.165, 1.54) is 46.2 Å². The number of nitrogens with zero attached hydrogens (tertiary/aromatic N) is 2. The number of benzene rings is 2. The molecule has 0 spiro atoms. The predicted molar refractivity (Wildman–Crippen MR) is 104 cm³/mol. The van der Waals surface area contributed by atoms with Crippen LogP contribution in [0.15, 0.2) is 48.5 Å². The quantitative estimate of drug-likeness (QED) is 0.770. The fourth-order valence-electron chi connectivity index (χ4n) is 3.23. The Kier molecular flexibility index (Phi) is 6.47. The molecule has 7 nitrogen and oxygen atoms in total. The molecule has 1 heterocycles. The first-order chi connectivity index (χ1) is 14.7. The van der Waals surface area contributed by atoms with E-state index in [4.69, 9.17) is 0 Å². The van der Waals surface area contributed by atoms with Crippen LogP contribution >= 0.6 is 0 Å². The maximum atomic E-state index is 13.2. The van der Waals surface area contributed by atoms with Gasteiger partial charge in [0.1, 0.15) is 5.75 Å². The van der Waals surface area contributed by atoms with Crippen LogP contribution in [0.1, 0.15) is 26.3 Å². The van der Waals surface area contributed by atoms with Crippen LogP contribution in [0.25, 0.3) is 0 Å². The third-order valence-electron chi connectivity index (χ3n) is 4.91. The number of phenolic OH excluding ortho intramolecular Hbond substituents is 1. The molecule has 0 aliphatic carbocycles. The minimum Gasteiger partial charge on any atom is -0.508 e. The van der Waals surface area contributed by atoms with Crippen molar-refractivity contribution in [2.75, 3.05) is 32.7 Å². The second kappa shape index (κ2) is 9.07. The molecule has 164 valence electrons. The molecule has 1 aliphatic rings. The molecule has 3 amide bonds. The Morgan fingerprint density at radius 3 is 2.10 bits per heavy atom. The van der Waals surface area contributed by atoms with Gasteiger partial charge in [0, 0.05) is 31.7 Å². The third-order valence-corrected chi connectivity index (χ3v) is 4.91. The fraction of sp³-hybridized carbons (Fsp3) is 0.286. The fourth-order valence-corrected chi connectivity index (χ4v) is 3.23. The molecule has 3 rings (SSSR count). The van der Waals surface area contributed by atoms with Gasteiger partial charge in [-0.15, -0.1) is 0 Å². The standard InChI is InChI=1S/C21H20F3N3O4/c22-21(23,24)17-4-2-1-3-16(17)20(31)27-11-9-26(10-12-27)18(29)13-25-19(30)14-5-7-15(28)8-6-14/h1-8,28H,9-13H2,(H,25,30). The summed E-state index contributed by atoms with van der Waals surface area (Å²) in [6.45, 7) is 0.206. The summed E-state index contributed by atoms with van der Waals surface area (Å²) >= 11 is 0. The van der Waals surface area contributed by atoms with Crippen molar-refractivity contribution in [3.05, 3.63) is 65.2 Å². The largest absolute Gasteiger partial charge is 0.508 e. The molecule has 0 aromatic heterocycles. The molecule has 1 fully saturated rings. The number of hydrogen-bond acceptors (Lipinski definition) is 4. The van der Waals surface area contributed by atoms with Crippen LogP contribution in [-0.2, 0) is 11.0 Å². The Morgan fingerprint density at radius 1 is 0.903 bits per heavy atom. The Bertz CT molecular complexity index is 969. The van der Waals surface area contributed by atoms with Crippen molar-refractivity contribution < 1.29 is 32.7 Å². The first kappa shape index (κ1) is 22.1. The lowest BCUT2D eigenvalue weighted by Gasteiger charge is -2.35. The topological polar surface area (TPSA) is 90.0 Å². The van der Waals surface area contributed by atoms with Crippen molar-refractivity contribution in [2.45, 2.75) is 6.18 Å². The Morgan fingerprint density at radius 2 is 1.48 bits per heavy atom. The van der Waals surface area contributed by atoms with Crippen molar-refractivity contribution in [1.82, 2.24) is 15.1 Å². The van der Waals surface area contributed by atoms with E-state index in [9.17, 15) is 32.7 Å². The molecule has 0 atom stereocenters. The zero-order chi connectivity index (χ0) is 22.6. The molecular formula is C21H20F3N3O4. The molecule has 0 saturated carbocycles. The average Bonchev–Trinajstić information content (AvgIpc) is 2.76. The maximum Gasteiger partial charge on any atom is 0.417 e. The summed E-state index contributed by atoms with van der Waals surface area (Å²) in [6, 6.07) is 10.1. The second-order valence-corrected chi connectivity index (χ2v) is 6.95. The van der Waals surface area contributed by atoms with Gasteiger partial charge in [0.25, 0.3) is 11.8 Å². The molecule has 0 radical (unpaired) electrons. The number of carbonyl (C=O) groups excluding carboxylic acids is 3. The van der Waals surface area contributed by atoms with Crippen LogP contribution in [0.4, 0.5) is 13.2 Å². The lowest BCUT2D eigenvalue weighted by atomic mass is 10.1. The van der Waals surface area contributed by atoms with Crippen molar-refractivity contribution in [2.24, 2.45) is 0 Å². The third kappa shape index (κ3) is 5.33. The molecule has 1 aliphatic heterocycles. The minimum atomic E-state index is -4.64. The van der Waals surface area contributed by atoms with Gasteiger partial charge in [-0.2, -0.15) is 13.2 Å².